The van der Waals surface area contributed by atoms with Crippen LogP contribution >= 0.6 is 0 Å². The minimum absolute atomic E-state index is 0.0958. The largest absolute Gasteiger partial charge is 0.337 e. The summed E-state index contributed by atoms with van der Waals surface area (Å²) < 4.78 is 0. The van der Waals surface area contributed by atoms with Crippen LogP contribution in [0.4, 0.5) is 0 Å². The fraction of sp³-hybridized carbons (Fsp3) is 0.571. The van der Waals surface area contributed by atoms with Gasteiger partial charge in [-0.25, -0.2) is 0 Å². The molecule has 2 aliphatic rings. The van der Waals surface area contributed by atoms with E-state index in [4.69, 9.17) is 0 Å². The first-order valence-corrected chi connectivity index (χ1v) is 6.70. The molecule has 3 heterocycles. The fourth-order valence-electron chi connectivity index (χ4n) is 3.09. The monoisotopic (exact) mass is 245 g/mol. The maximum Gasteiger partial charge on any atom is 0.272 e. The topological polar surface area (TPSA) is 45.2 Å². The molecule has 1 amide bonds. The zero-order valence-corrected chi connectivity index (χ0v) is 10.7. The Morgan fingerprint density at radius 3 is 3.22 bits per heavy atom. The predicted molar refractivity (Wildman–Crippen MR) is 69.4 cm³/mol. The number of pyridine rings is 1. The van der Waals surface area contributed by atoms with Crippen molar-refractivity contribution in [3.8, 4) is 0 Å². The van der Waals surface area contributed by atoms with Gasteiger partial charge in [-0.1, -0.05) is 6.07 Å². The number of piperidine rings is 1. The van der Waals surface area contributed by atoms with Gasteiger partial charge in [0.25, 0.3) is 5.91 Å². The quantitative estimate of drug-likeness (QED) is 0.809. The number of fused-ring (bicyclic) bond motifs is 1. The van der Waals surface area contributed by atoms with Crippen molar-refractivity contribution < 1.29 is 4.79 Å². The van der Waals surface area contributed by atoms with Crippen molar-refractivity contribution in [2.45, 2.75) is 25.8 Å². The summed E-state index contributed by atoms with van der Waals surface area (Å²) >= 11 is 0. The van der Waals surface area contributed by atoms with Crippen LogP contribution in [0.1, 0.15) is 28.9 Å². The maximum absolute atomic E-state index is 12.5. The van der Waals surface area contributed by atoms with Gasteiger partial charge in [-0.05, 0) is 43.9 Å². The number of hydrogen-bond donors (Lipinski definition) is 1. The molecule has 2 fully saturated rings. The minimum Gasteiger partial charge on any atom is -0.337 e. The lowest BCUT2D eigenvalue weighted by atomic mass is 9.93. The van der Waals surface area contributed by atoms with E-state index in [9.17, 15) is 4.79 Å². The number of nitrogens with one attached hydrogen (secondary N) is 1. The van der Waals surface area contributed by atoms with Gasteiger partial charge >= 0.3 is 0 Å². The molecule has 0 saturated carbocycles. The van der Waals surface area contributed by atoms with Crippen LogP contribution in [0.3, 0.4) is 0 Å². The van der Waals surface area contributed by atoms with E-state index in [2.05, 4.69) is 10.3 Å². The normalized spacial score (nSPS) is 27.1. The number of amides is 1. The van der Waals surface area contributed by atoms with Gasteiger partial charge in [0.1, 0.15) is 5.69 Å². The lowest BCUT2D eigenvalue weighted by Gasteiger charge is -2.34. The molecule has 4 nitrogen and oxygen atoms in total. The SMILES string of the molecule is Cc1cccnc1C(=O)N1CCC2NCCC2C1. The molecule has 1 N–H and O–H groups in total. The van der Waals surface area contributed by atoms with Crippen LogP contribution in [0.2, 0.25) is 0 Å². The smallest absolute Gasteiger partial charge is 0.272 e. The Kier molecular flexibility index (Phi) is 3.04. The standard InChI is InChI=1S/C14H19N3O/c1-10-3-2-6-16-13(10)14(18)17-8-5-12-11(9-17)4-7-15-12/h2-3,6,11-12,15H,4-5,7-9H2,1H3. The molecular weight excluding hydrogens is 226 g/mol. The first-order chi connectivity index (χ1) is 8.75. The number of carbonyl (C=O) groups is 1. The highest BCUT2D eigenvalue weighted by molar-refractivity contribution is 5.93. The van der Waals surface area contributed by atoms with Crippen molar-refractivity contribution in [3.63, 3.8) is 0 Å². The van der Waals surface area contributed by atoms with E-state index in [1.165, 1.54) is 6.42 Å². The second kappa shape index (κ2) is 4.69. The Labute approximate surface area is 107 Å². The van der Waals surface area contributed by atoms with Crippen LogP contribution in [0, 0.1) is 12.8 Å². The third kappa shape index (κ3) is 2.01. The summed E-state index contributed by atoms with van der Waals surface area (Å²) in [7, 11) is 0. The van der Waals surface area contributed by atoms with E-state index < -0.39 is 0 Å². The molecule has 2 unspecified atom stereocenters. The van der Waals surface area contributed by atoms with E-state index in [0.717, 1.165) is 31.6 Å². The molecule has 0 radical (unpaired) electrons. The molecule has 0 aromatic carbocycles. The van der Waals surface area contributed by atoms with Crippen LogP contribution in [-0.2, 0) is 0 Å². The summed E-state index contributed by atoms with van der Waals surface area (Å²) in [5.41, 5.74) is 1.58. The van der Waals surface area contributed by atoms with E-state index in [0.29, 0.717) is 17.7 Å². The molecule has 18 heavy (non-hydrogen) atoms. The van der Waals surface area contributed by atoms with E-state index >= 15 is 0 Å². The van der Waals surface area contributed by atoms with Crippen molar-refractivity contribution in [3.05, 3.63) is 29.6 Å². The number of rotatable bonds is 1. The average Bonchev–Trinajstić information content (AvgIpc) is 2.85. The lowest BCUT2D eigenvalue weighted by molar-refractivity contribution is 0.0655. The first kappa shape index (κ1) is 11.7. The van der Waals surface area contributed by atoms with Crippen LogP contribution < -0.4 is 5.32 Å². The molecule has 0 spiro atoms. The summed E-state index contributed by atoms with van der Waals surface area (Å²) in [6.45, 7) is 4.78. The summed E-state index contributed by atoms with van der Waals surface area (Å²) in [4.78, 5) is 18.7. The average molecular weight is 245 g/mol. The van der Waals surface area contributed by atoms with E-state index in [1.54, 1.807) is 6.20 Å². The number of hydrogen-bond acceptors (Lipinski definition) is 3. The fourth-order valence-corrected chi connectivity index (χ4v) is 3.09. The van der Waals surface area contributed by atoms with Gasteiger partial charge in [0.15, 0.2) is 0 Å². The highest BCUT2D eigenvalue weighted by atomic mass is 16.2. The minimum atomic E-state index is 0.0958. The summed E-state index contributed by atoms with van der Waals surface area (Å²) in [5.74, 6) is 0.727. The molecular formula is C14H19N3O. The van der Waals surface area contributed by atoms with E-state index in [1.807, 2.05) is 24.0 Å². The van der Waals surface area contributed by atoms with Crippen LogP contribution in [0.25, 0.3) is 0 Å². The van der Waals surface area contributed by atoms with Gasteiger partial charge in [-0.3, -0.25) is 9.78 Å². The number of nitrogens with zero attached hydrogens (tertiary/aromatic N) is 2. The highest BCUT2D eigenvalue weighted by Crippen LogP contribution is 2.25. The van der Waals surface area contributed by atoms with Gasteiger partial charge in [-0.15, -0.1) is 0 Å². The van der Waals surface area contributed by atoms with Gasteiger partial charge in [0, 0.05) is 25.3 Å². The van der Waals surface area contributed by atoms with Crippen LogP contribution in [0.15, 0.2) is 18.3 Å². The Morgan fingerprint density at radius 1 is 1.50 bits per heavy atom. The number of likely N-dealkylation sites (tertiary alicyclic amines) is 1. The summed E-state index contributed by atoms with van der Waals surface area (Å²) in [6, 6.07) is 4.45. The number of aromatic nitrogens is 1. The van der Waals surface area contributed by atoms with Crippen molar-refractivity contribution in [2.75, 3.05) is 19.6 Å². The van der Waals surface area contributed by atoms with Gasteiger partial charge < -0.3 is 10.2 Å². The van der Waals surface area contributed by atoms with Crippen molar-refractivity contribution in [2.24, 2.45) is 5.92 Å². The third-order valence-electron chi connectivity index (χ3n) is 4.15. The molecule has 3 rings (SSSR count). The van der Waals surface area contributed by atoms with E-state index in [-0.39, 0.29) is 5.91 Å². The summed E-state index contributed by atoms with van der Waals surface area (Å²) in [5, 5.41) is 3.52. The first-order valence-electron chi connectivity index (χ1n) is 6.70. The number of aryl methyl sites for hydroxylation is 1. The predicted octanol–water partition coefficient (Wildman–Crippen LogP) is 1.21. The van der Waals surface area contributed by atoms with Crippen molar-refractivity contribution in [1.82, 2.24) is 15.2 Å². The molecule has 1 aromatic heterocycles. The van der Waals surface area contributed by atoms with Gasteiger partial charge in [0.05, 0.1) is 0 Å². The Balaban J connectivity index is 1.75. The maximum atomic E-state index is 12.5. The van der Waals surface area contributed by atoms with Crippen molar-refractivity contribution >= 4 is 5.91 Å². The molecule has 2 aliphatic heterocycles. The highest BCUT2D eigenvalue weighted by Gasteiger charge is 2.34. The van der Waals surface area contributed by atoms with Crippen molar-refractivity contribution in [1.29, 1.82) is 0 Å². The van der Waals surface area contributed by atoms with Crippen LogP contribution in [0.5, 0.6) is 0 Å². The third-order valence-corrected chi connectivity index (χ3v) is 4.15. The summed E-state index contributed by atoms with van der Waals surface area (Å²) in [6.07, 6.45) is 3.96. The zero-order valence-electron chi connectivity index (χ0n) is 10.7. The van der Waals surface area contributed by atoms with Gasteiger partial charge in [0.2, 0.25) is 0 Å². The molecule has 0 bridgehead atoms. The lowest BCUT2D eigenvalue weighted by Crippen LogP contribution is -2.47. The second-order valence-electron chi connectivity index (χ2n) is 5.32. The number of carbonyl (C=O) groups excluding carboxylic acids is 1. The Bertz CT molecular complexity index is 460. The Hall–Kier alpha value is -1.42. The zero-order chi connectivity index (χ0) is 12.5. The second-order valence-corrected chi connectivity index (χ2v) is 5.32. The molecule has 0 aliphatic carbocycles. The molecule has 96 valence electrons. The Morgan fingerprint density at radius 2 is 2.39 bits per heavy atom. The molecule has 1 aromatic rings. The molecule has 2 atom stereocenters. The van der Waals surface area contributed by atoms with Crippen LogP contribution in [-0.4, -0.2) is 41.5 Å². The van der Waals surface area contributed by atoms with Gasteiger partial charge in [-0.2, -0.15) is 0 Å². The molecule has 2 saturated heterocycles. The molecule has 4 heteroatoms.